The molecule has 0 saturated heterocycles. The number of nitrogens with one attached hydrogen (secondary N) is 2. The standard InChI is InChI=1S/C24H26F2N4O4/c1-2-3-6-13-30-24(33)18-9-5-4-8-17(18)22(29-30)23(32)28-27-21(31)10-7-14-34-20-12-11-16(25)15-19(20)26/h4-5,8-9,11-12,15H,2-3,6-7,10,13-14H2,1H3,(H,27,31)(H,28,32). The van der Waals surface area contributed by atoms with Gasteiger partial charge in [0.15, 0.2) is 17.3 Å². The molecule has 1 aromatic heterocycles. The highest BCUT2D eigenvalue weighted by atomic mass is 19.1. The maximum Gasteiger partial charge on any atom is 0.290 e. The highest BCUT2D eigenvalue weighted by molar-refractivity contribution is 6.05. The number of nitrogens with zero attached hydrogens (tertiary/aromatic N) is 2. The van der Waals surface area contributed by atoms with Gasteiger partial charge in [-0.3, -0.25) is 25.2 Å². The molecule has 0 radical (unpaired) electrons. The van der Waals surface area contributed by atoms with Crippen molar-refractivity contribution < 1.29 is 23.1 Å². The number of benzene rings is 2. The number of carbonyl (C=O) groups is 2. The van der Waals surface area contributed by atoms with Crippen LogP contribution in [0, 0.1) is 11.6 Å². The molecule has 0 spiro atoms. The molecule has 3 rings (SSSR count). The average Bonchev–Trinajstić information content (AvgIpc) is 2.83. The number of rotatable bonds is 10. The van der Waals surface area contributed by atoms with Crippen LogP contribution in [0.5, 0.6) is 5.75 Å². The number of aromatic nitrogens is 2. The van der Waals surface area contributed by atoms with Crippen molar-refractivity contribution in [2.24, 2.45) is 0 Å². The van der Waals surface area contributed by atoms with Crippen LogP contribution >= 0.6 is 0 Å². The molecule has 180 valence electrons. The van der Waals surface area contributed by atoms with Crippen LogP contribution in [0.3, 0.4) is 0 Å². The van der Waals surface area contributed by atoms with Crippen LogP contribution in [0.15, 0.2) is 47.3 Å². The highest BCUT2D eigenvalue weighted by Crippen LogP contribution is 2.18. The second-order valence-corrected chi connectivity index (χ2v) is 7.66. The Balaban J connectivity index is 1.57. The Bertz CT molecular complexity index is 1230. The van der Waals surface area contributed by atoms with E-state index in [2.05, 4.69) is 16.0 Å². The van der Waals surface area contributed by atoms with E-state index < -0.39 is 23.4 Å². The predicted molar refractivity (Wildman–Crippen MR) is 122 cm³/mol. The van der Waals surface area contributed by atoms with Crippen molar-refractivity contribution in [1.82, 2.24) is 20.6 Å². The maximum atomic E-state index is 13.5. The molecule has 2 amide bonds. The summed E-state index contributed by atoms with van der Waals surface area (Å²) in [6.45, 7) is 2.46. The first-order valence-electron chi connectivity index (χ1n) is 11.1. The van der Waals surface area contributed by atoms with E-state index in [1.54, 1.807) is 24.3 Å². The van der Waals surface area contributed by atoms with Crippen LogP contribution in [-0.2, 0) is 11.3 Å². The number of aryl methyl sites for hydroxylation is 1. The summed E-state index contributed by atoms with van der Waals surface area (Å²) in [5, 5.41) is 4.99. The molecule has 0 saturated carbocycles. The zero-order valence-corrected chi connectivity index (χ0v) is 18.8. The number of carbonyl (C=O) groups excluding carboxylic acids is 2. The van der Waals surface area contributed by atoms with Gasteiger partial charge < -0.3 is 4.74 Å². The van der Waals surface area contributed by atoms with Crippen molar-refractivity contribution in [3.05, 3.63) is 70.1 Å². The van der Waals surface area contributed by atoms with E-state index in [1.807, 2.05) is 6.92 Å². The monoisotopic (exact) mass is 472 g/mol. The second kappa shape index (κ2) is 11.9. The Morgan fingerprint density at radius 3 is 2.53 bits per heavy atom. The van der Waals surface area contributed by atoms with Gasteiger partial charge >= 0.3 is 0 Å². The summed E-state index contributed by atoms with van der Waals surface area (Å²) in [5.74, 6) is -2.79. The van der Waals surface area contributed by atoms with Crippen LogP contribution in [0.1, 0.15) is 49.5 Å². The quantitative estimate of drug-likeness (QED) is 0.347. The fraction of sp³-hybridized carbons (Fsp3) is 0.333. The zero-order chi connectivity index (χ0) is 24.5. The Labute approximate surface area is 194 Å². The topological polar surface area (TPSA) is 102 Å². The lowest BCUT2D eigenvalue weighted by Crippen LogP contribution is -2.42. The molecule has 0 aliphatic rings. The van der Waals surface area contributed by atoms with E-state index in [0.717, 1.165) is 25.3 Å². The van der Waals surface area contributed by atoms with Crippen molar-refractivity contribution in [3.63, 3.8) is 0 Å². The van der Waals surface area contributed by atoms with E-state index in [1.165, 1.54) is 10.7 Å². The van der Waals surface area contributed by atoms with Gasteiger partial charge in [0.25, 0.3) is 11.5 Å². The van der Waals surface area contributed by atoms with E-state index in [9.17, 15) is 23.2 Å². The van der Waals surface area contributed by atoms with Gasteiger partial charge in [-0.1, -0.05) is 38.0 Å². The summed E-state index contributed by atoms with van der Waals surface area (Å²) < 4.78 is 32.9. The lowest BCUT2D eigenvalue weighted by Gasteiger charge is -2.12. The van der Waals surface area contributed by atoms with Gasteiger partial charge in [0.05, 0.1) is 12.0 Å². The lowest BCUT2D eigenvalue weighted by molar-refractivity contribution is -0.122. The SMILES string of the molecule is CCCCCn1nc(C(=O)NNC(=O)CCCOc2ccc(F)cc2F)c2ccccc2c1=O. The summed E-state index contributed by atoms with van der Waals surface area (Å²) >= 11 is 0. The summed E-state index contributed by atoms with van der Waals surface area (Å²) in [5.41, 5.74) is 4.38. The fourth-order valence-corrected chi connectivity index (χ4v) is 3.32. The molecular weight excluding hydrogens is 446 g/mol. The van der Waals surface area contributed by atoms with Crippen LogP contribution in [-0.4, -0.2) is 28.2 Å². The Hall–Kier alpha value is -3.82. The Kier molecular flexibility index (Phi) is 8.66. The van der Waals surface area contributed by atoms with Crippen molar-refractivity contribution in [1.29, 1.82) is 0 Å². The van der Waals surface area contributed by atoms with Crippen LogP contribution < -0.4 is 21.1 Å². The van der Waals surface area contributed by atoms with Crippen LogP contribution in [0.2, 0.25) is 0 Å². The fourth-order valence-electron chi connectivity index (χ4n) is 3.32. The molecule has 10 heteroatoms. The highest BCUT2D eigenvalue weighted by Gasteiger charge is 2.17. The molecular formula is C24H26F2N4O4. The normalized spacial score (nSPS) is 10.8. The zero-order valence-electron chi connectivity index (χ0n) is 18.8. The van der Waals surface area contributed by atoms with E-state index >= 15 is 0 Å². The third kappa shape index (κ3) is 6.37. The smallest absolute Gasteiger partial charge is 0.290 e. The van der Waals surface area contributed by atoms with Gasteiger partial charge in [-0.05, 0) is 31.0 Å². The summed E-state index contributed by atoms with van der Waals surface area (Å²) in [7, 11) is 0. The number of hydrogen-bond donors (Lipinski definition) is 2. The van der Waals surface area contributed by atoms with Crippen molar-refractivity contribution in [2.75, 3.05) is 6.61 Å². The first-order valence-corrected chi connectivity index (χ1v) is 11.1. The molecule has 2 aromatic carbocycles. The summed E-state index contributed by atoms with van der Waals surface area (Å²) in [6.07, 6.45) is 2.89. The summed E-state index contributed by atoms with van der Waals surface area (Å²) in [6, 6.07) is 9.63. The third-order valence-electron chi connectivity index (χ3n) is 5.07. The largest absolute Gasteiger partial charge is 0.491 e. The first-order chi connectivity index (χ1) is 16.4. The molecule has 3 aromatic rings. The van der Waals surface area contributed by atoms with E-state index in [4.69, 9.17) is 4.74 Å². The van der Waals surface area contributed by atoms with Gasteiger partial charge in [-0.15, -0.1) is 0 Å². The molecule has 0 fully saturated rings. The van der Waals surface area contributed by atoms with E-state index in [-0.39, 0.29) is 36.5 Å². The number of halogens is 2. The number of ether oxygens (including phenoxy) is 1. The van der Waals surface area contributed by atoms with Crippen molar-refractivity contribution in [3.8, 4) is 5.75 Å². The van der Waals surface area contributed by atoms with Crippen LogP contribution in [0.4, 0.5) is 8.78 Å². The Morgan fingerprint density at radius 2 is 1.79 bits per heavy atom. The molecule has 34 heavy (non-hydrogen) atoms. The van der Waals surface area contributed by atoms with E-state index in [0.29, 0.717) is 23.4 Å². The third-order valence-corrected chi connectivity index (χ3v) is 5.07. The number of amides is 2. The van der Waals surface area contributed by atoms with Crippen molar-refractivity contribution in [2.45, 2.75) is 45.6 Å². The molecule has 0 unspecified atom stereocenters. The number of fused-ring (bicyclic) bond motifs is 1. The van der Waals surface area contributed by atoms with Gasteiger partial charge in [0, 0.05) is 24.4 Å². The minimum Gasteiger partial charge on any atom is -0.491 e. The molecule has 1 heterocycles. The molecule has 0 atom stereocenters. The molecule has 0 bridgehead atoms. The van der Waals surface area contributed by atoms with Gasteiger partial charge in [0.1, 0.15) is 5.82 Å². The Morgan fingerprint density at radius 1 is 1.03 bits per heavy atom. The minimum absolute atomic E-state index is 0.00617. The molecule has 0 aliphatic carbocycles. The lowest BCUT2D eigenvalue weighted by atomic mass is 10.1. The van der Waals surface area contributed by atoms with Crippen molar-refractivity contribution >= 4 is 22.6 Å². The molecule has 8 nitrogen and oxygen atoms in total. The first kappa shape index (κ1) is 24.8. The van der Waals surface area contributed by atoms with Crippen LogP contribution in [0.25, 0.3) is 10.8 Å². The maximum absolute atomic E-state index is 13.5. The van der Waals surface area contributed by atoms with Gasteiger partial charge in [0.2, 0.25) is 5.91 Å². The minimum atomic E-state index is -0.826. The number of unbranched alkanes of at least 4 members (excludes halogenated alkanes) is 2. The summed E-state index contributed by atoms with van der Waals surface area (Å²) in [4.78, 5) is 37.5. The van der Waals surface area contributed by atoms with Gasteiger partial charge in [-0.25, -0.2) is 13.5 Å². The average molecular weight is 472 g/mol. The second-order valence-electron chi connectivity index (χ2n) is 7.66. The van der Waals surface area contributed by atoms with Gasteiger partial charge in [-0.2, -0.15) is 5.10 Å². The number of hydrogen-bond acceptors (Lipinski definition) is 5. The molecule has 0 aliphatic heterocycles. The number of hydrazine groups is 1. The predicted octanol–water partition coefficient (Wildman–Crippen LogP) is 3.49. The molecule has 2 N–H and O–H groups in total.